The first-order chi connectivity index (χ1) is 9.59. The van der Waals surface area contributed by atoms with Gasteiger partial charge in [-0.05, 0) is 57.0 Å². The van der Waals surface area contributed by atoms with Crippen molar-refractivity contribution in [2.24, 2.45) is 11.8 Å². The van der Waals surface area contributed by atoms with E-state index in [0.717, 1.165) is 17.9 Å². The van der Waals surface area contributed by atoms with Crippen LogP contribution >= 0.6 is 0 Å². The van der Waals surface area contributed by atoms with Gasteiger partial charge in [-0.15, -0.1) is 0 Å². The third kappa shape index (κ3) is 8.26. The van der Waals surface area contributed by atoms with Crippen LogP contribution in [-0.4, -0.2) is 37.1 Å². The van der Waals surface area contributed by atoms with Crippen LogP contribution in [0, 0.1) is 11.8 Å². The van der Waals surface area contributed by atoms with E-state index in [9.17, 15) is 0 Å². The second-order valence-corrected chi connectivity index (χ2v) is 7.44. The van der Waals surface area contributed by atoms with Crippen LogP contribution in [0.3, 0.4) is 0 Å². The quantitative estimate of drug-likeness (QED) is 0.568. The van der Waals surface area contributed by atoms with Crippen molar-refractivity contribution in [3.8, 4) is 0 Å². The van der Waals surface area contributed by atoms with Crippen molar-refractivity contribution < 1.29 is 0 Å². The summed E-state index contributed by atoms with van der Waals surface area (Å²) in [4.78, 5) is 2.77. The van der Waals surface area contributed by atoms with Gasteiger partial charge in [-0.1, -0.05) is 40.5 Å². The second-order valence-electron chi connectivity index (χ2n) is 7.44. The zero-order chi connectivity index (χ0) is 14.8. The van der Waals surface area contributed by atoms with Crippen molar-refractivity contribution >= 4 is 0 Å². The van der Waals surface area contributed by atoms with E-state index in [1.165, 1.54) is 71.1 Å². The number of rotatable bonds is 11. The Morgan fingerprint density at radius 3 is 2.15 bits per heavy atom. The molecule has 0 atom stereocenters. The van der Waals surface area contributed by atoms with Crippen molar-refractivity contribution in [2.45, 2.75) is 78.7 Å². The van der Waals surface area contributed by atoms with E-state index in [0.29, 0.717) is 0 Å². The van der Waals surface area contributed by atoms with Gasteiger partial charge in [0.15, 0.2) is 0 Å². The molecule has 0 saturated heterocycles. The molecule has 2 nitrogen and oxygen atoms in total. The highest BCUT2D eigenvalue weighted by atomic mass is 15.2. The molecule has 0 aliphatic heterocycles. The van der Waals surface area contributed by atoms with Crippen LogP contribution in [0.5, 0.6) is 0 Å². The van der Waals surface area contributed by atoms with E-state index >= 15 is 0 Å². The zero-order valence-corrected chi connectivity index (χ0v) is 14.5. The number of nitrogens with one attached hydrogen (secondary N) is 1. The molecule has 0 unspecified atom stereocenters. The first-order valence-corrected chi connectivity index (χ1v) is 9.04. The predicted molar refractivity (Wildman–Crippen MR) is 90.2 cm³/mol. The molecule has 0 radical (unpaired) electrons. The summed E-state index contributed by atoms with van der Waals surface area (Å²) in [6.45, 7) is 14.2. The van der Waals surface area contributed by atoms with Gasteiger partial charge >= 0.3 is 0 Å². The Morgan fingerprint density at radius 2 is 1.55 bits per heavy atom. The number of nitrogens with zero attached hydrogens (tertiary/aromatic N) is 1. The lowest BCUT2D eigenvalue weighted by Crippen LogP contribution is -2.39. The highest BCUT2D eigenvalue weighted by Crippen LogP contribution is 2.23. The Hall–Kier alpha value is -0.0800. The molecule has 2 heteroatoms. The van der Waals surface area contributed by atoms with Crippen molar-refractivity contribution in [1.82, 2.24) is 10.2 Å². The Kier molecular flexibility index (Phi) is 9.54. The van der Waals surface area contributed by atoms with E-state index in [4.69, 9.17) is 0 Å². The Labute approximate surface area is 127 Å². The fourth-order valence-electron chi connectivity index (χ4n) is 3.15. The van der Waals surface area contributed by atoms with Crippen LogP contribution in [0.1, 0.15) is 72.6 Å². The maximum absolute atomic E-state index is 3.64. The summed E-state index contributed by atoms with van der Waals surface area (Å²) in [5, 5.41) is 3.64. The minimum Gasteiger partial charge on any atom is -0.315 e. The molecule has 20 heavy (non-hydrogen) atoms. The molecule has 1 aliphatic carbocycles. The first-order valence-electron chi connectivity index (χ1n) is 9.04. The van der Waals surface area contributed by atoms with Gasteiger partial charge in [-0.25, -0.2) is 0 Å². The summed E-state index contributed by atoms with van der Waals surface area (Å²) < 4.78 is 0. The number of hydrogen-bond acceptors (Lipinski definition) is 2. The van der Waals surface area contributed by atoms with Gasteiger partial charge in [0.05, 0.1) is 0 Å². The van der Waals surface area contributed by atoms with Crippen LogP contribution in [0.15, 0.2) is 0 Å². The van der Waals surface area contributed by atoms with Crippen molar-refractivity contribution in [2.75, 3.05) is 26.2 Å². The Bertz CT molecular complexity index is 219. The van der Waals surface area contributed by atoms with E-state index in [1.54, 1.807) is 0 Å². The lowest BCUT2D eigenvalue weighted by molar-refractivity contribution is 0.188. The van der Waals surface area contributed by atoms with Gasteiger partial charge in [-0.3, -0.25) is 4.90 Å². The molecule has 1 aliphatic rings. The third-order valence-corrected chi connectivity index (χ3v) is 4.55. The van der Waals surface area contributed by atoms with E-state index < -0.39 is 0 Å². The topological polar surface area (TPSA) is 15.3 Å². The summed E-state index contributed by atoms with van der Waals surface area (Å²) in [5.74, 6) is 1.68. The van der Waals surface area contributed by atoms with Crippen molar-refractivity contribution in [1.29, 1.82) is 0 Å². The molecular weight excluding hydrogens is 244 g/mol. The minimum absolute atomic E-state index is 0.831. The summed E-state index contributed by atoms with van der Waals surface area (Å²) >= 11 is 0. The van der Waals surface area contributed by atoms with Gasteiger partial charge < -0.3 is 5.32 Å². The maximum atomic E-state index is 3.64. The largest absolute Gasteiger partial charge is 0.315 e. The smallest absolute Gasteiger partial charge is 0.0110 e. The number of hydrogen-bond donors (Lipinski definition) is 1. The zero-order valence-electron chi connectivity index (χ0n) is 14.5. The van der Waals surface area contributed by atoms with E-state index in [-0.39, 0.29) is 0 Å². The predicted octanol–water partition coefficient (Wildman–Crippen LogP) is 4.30. The average Bonchev–Trinajstić information content (AvgIpc) is 2.90. The average molecular weight is 283 g/mol. The molecule has 1 rings (SSSR count). The van der Waals surface area contributed by atoms with Gasteiger partial charge in [0.25, 0.3) is 0 Å². The monoisotopic (exact) mass is 282 g/mol. The summed E-state index contributed by atoms with van der Waals surface area (Å²) in [7, 11) is 0. The van der Waals surface area contributed by atoms with E-state index in [2.05, 4.69) is 37.9 Å². The van der Waals surface area contributed by atoms with Crippen molar-refractivity contribution in [3.63, 3.8) is 0 Å². The molecule has 0 amide bonds. The third-order valence-electron chi connectivity index (χ3n) is 4.55. The normalized spacial score (nSPS) is 16.9. The molecule has 0 aromatic carbocycles. The standard InChI is InChI=1S/C18H38N2/c1-16(2)8-7-12-19-13-15-20(14-11-17(3)4)18-9-5-6-10-18/h16-19H,5-15H2,1-4H3. The van der Waals surface area contributed by atoms with Crippen molar-refractivity contribution in [3.05, 3.63) is 0 Å². The van der Waals surface area contributed by atoms with Gasteiger partial charge in [0.1, 0.15) is 0 Å². The molecule has 0 heterocycles. The minimum atomic E-state index is 0.831. The Balaban J connectivity index is 2.15. The molecule has 1 fully saturated rings. The highest BCUT2D eigenvalue weighted by Gasteiger charge is 2.21. The fraction of sp³-hybridized carbons (Fsp3) is 1.00. The molecule has 0 aromatic heterocycles. The lowest BCUT2D eigenvalue weighted by atomic mass is 10.1. The lowest BCUT2D eigenvalue weighted by Gasteiger charge is -2.29. The van der Waals surface area contributed by atoms with Gasteiger partial charge in [0, 0.05) is 19.1 Å². The molecule has 1 N–H and O–H groups in total. The molecule has 1 saturated carbocycles. The molecular formula is C18H38N2. The Morgan fingerprint density at radius 1 is 0.900 bits per heavy atom. The van der Waals surface area contributed by atoms with Crippen LogP contribution in [-0.2, 0) is 0 Å². The summed E-state index contributed by atoms with van der Waals surface area (Å²) in [6.07, 6.45) is 9.80. The summed E-state index contributed by atoms with van der Waals surface area (Å²) in [5.41, 5.74) is 0. The van der Waals surface area contributed by atoms with Crippen LogP contribution < -0.4 is 5.32 Å². The first kappa shape index (κ1) is 18.0. The molecule has 0 bridgehead atoms. The summed E-state index contributed by atoms with van der Waals surface area (Å²) in [6, 6.07) is 0.881. The highest BCUT2D eigenvalue weighted by molar-refractivity contribution is 4.78. The SMILES string of the molecule is CC(C)CCCNCCN(CCC(C)C)C1CCCC1. The molecule has 0 aromatic rings. The van der Waals surface area contributed by atoms with Crippen LogP contribution in [0.25, 0.3) is 0 Å². The second kappa shape index (κ2) is 10.6. The van der Waals surface area contributed by atoms with Gasteiger partial charge in [0.2, 0.25) is 0 Å². The van der Waals surface area contributed by atoms with Crippen LogP contribution in [0.2, 0.25) is 0 Å². The molecule has 120 valence electrons. The van der Waals surface area contributed by atoms with Gasteiger partial charge in [-0.2, -0.15) is 0 Å². The van der Waals surface area contributed by atoms with Crippen LogP contribution in [0.4, 0.5) is 0 Å². The van der Waals surface area contributed by atoms with E-state index in [1.807, 2.05) is 0 Å². The fourth-order valence-corrected chi connectivity index (χ4v) is 3.15. The maximum Gasteiger partial charge on any atom is 0.0110 e. The molecule has 0 spiro atoms.